The fraction of sp³-hybridized carbons (Fsp3) is 0.432. The summed E-state index contributed by atoms with van der Waals surface area (Å²) in [6.07, 6.45) is 17.2. The van der Waals surface area contributed by atoms with Crippen LogP contribution < -0.4 is 21.0 Å². The minimum absolute atomic E-state index is 0.0779. The van der Waals surface area contributed by atoms with Gasteiger partial charge in [-0.2, -0.15) is 0 Å². The Morgan fingerprint density at radius 2 is 1.57 bits per heavy atom. The molecular weight excluding hydrogens is 681 g/mol. The minimum Gasteiger partial charge on any atom is -0.490 e. The molecule has 0 bridgehead atoms. The van der Waals surface area contributed by atoms with Crippen LogP contribution in [0.2, 0.25) is 5.04 Å². The molecule has 0 fully saturated rings. The van der Waals surface area contributed by atoms with Crippen LogP contribution in [0.15, 0.2) is 121 Å². The van der Waals surface area contributed by atoms with E-state index in [-0.39, 0.29) is 35.5 Å². The first kappa shape index (κ1) is 42.9. The van der Waals surface area contributed by atoms with Crippen LogP contribution in [0.4, 0.5) is 0 Å². The van der Waals surface area contributed by atoms with Crippen LogP contribution in [0, 0.1) is 17.3 Å². The molecule has 1 aliphatic heterocycles. The van der Waals surface area contributed by atoms with Crippen molar-refractivity contribution >= 4 is 36.5 Å². The molecule has 0 unspecified atom stereocenters. The maximum absolute atomic E-state index is 13.4. The van der Waals surface area contributed by atoms with Gasteiger partial charge in [-0.25, -0.2) is 4.79 Å². The number of rotatable bonds is 17. The van der Waals surface area contributed by atoms with Gasteiger partial charge < -0.3 is 24.9 Å². The van der Waals surface area contributed by atoms with Crippen molar-refractivity contribution in [2.75, 3.05) is 7.11 Å². The maximum Gasteiger partial charge on any atom is 0.373 e. The first-order chi connectivity index (χ1) is 25.0. The second-order valence-corrected chi connectivity index (χ2v) is 19.6. The highest BCUT2D eigenvalue weighted by Gasteiger charge is 2.50. The van der Waals surface area contributed by atoms with E-state index in [1.54, 1.807) is 18.4 Å². The lowest BCUT2D eigenvalue weighted by Gasteiger charge is -2.43. The zero-order chi connectivity index (χ0) is 39.2. The Morgan fingerprint density at radius 1 is 0.981 bits per heavy atom. The second-order valence-electron chi connectivity index (χ2n) is 15.7. The van der Waals surface area contributed by atoms with E-state index in [4.69, 9.17) is 9.47 Å². The highest BCUT2D eigenvalue weighted by Crippen LogP contribution is 2.43. The van der Waals surface area contributed by atoms with Crippen LogP contribution in [0.1, 0.15) is 81.1 Å². The summed E-state index contributed by atoms with van der Waals surface area (Å²) in [5.74, 6) is -0.821. The average Bonchev–Trinajstić information content (AvgIpc) is 3.13. The van der Waals surface area contributed by atoms with Crippen LogP contribution in [0.5, 0.6) is 0 Å². The van der Waals surface area contributed by atoms with Crippen molar-refractivity contribution in [1.29, 1.82) is 0 Å². The summed E-state index contributed by atoms with van der Waals surface area (Å²) in [5, 5.41) is 7.35. The number of carbonyl (C=O) groups is 3. The van der Waals surface area contributed by atoms with Gasteiger partial charge in [0, 0.05) is 18.4 Å². The highest BCUT2D eigenvalue weighted by molar-refractivity contribution is 6.98. The van der Waals surface area contributed by atoms with Gasteiger partial charge in [0.15, 0.2) is 5.76 Å². The second kappa shape index (κ2) is 19.6. The number of ether oxygens (including phenoxy) is 2. The summed E-state index contributed by atoms with van der Waals surface area (Å²) in [6.45, 7) is 15.9. The SMILES string of the molecule is C/C=C\C[C@@H](C/C=C\NC(=O)[C@@H](NC(=O)/C=C\C(C)=C\[C@H](C)[C@@H]1CC=C(OC)C(=O)O1)C(C)(C)C)CC(C)(C)[Si](O)(c1ccccc1)c1ccccc1. The lowest BCUT2D eigenvalue weighted by Crippen LogP contribution is -2.65. The molecular formula is C44H60N2O6Si. The molecule has 9 heteroatoms. The Balaban J connectivity index is 1.67. The molecule has 0 spiro atoms. The molecule has 0 aromatic heterocycles. The summed E-state index contributed by atoms with van der Waals surface area (Å²) in [4.78, 5) is 51.2. The third-order valence-electron chi connectivity index (χ3n) is 9.92. The van der Waals surface area contributed by atoms with Gasteiger partial charge in [-0.15, -0.1) is 0 Å². The maximum atomic E-state index is 13.4. The summed E-state index contributed by atoms with van der Waals surface area (Å²) in [6, 6.07) is 19.3. The van der Waals surface area contributed by atoms with E-state index in [9.17, 15) is 19.2 Å². The number of amides is 2. The standard InChI is InChI=1S/C44H60N2O6Si/c1-10-11-19-34(31-44(7,8)53(50,35-21-14-12-15-22-35)36-23-16-13-17-24-36)20-18-29-45-41(48)40(43(4,5)6)46-39(47)28-25-32(2)30-33(3)37-26-27-38(51-9)42(49)52-37/h10-18,21-25,27-30,33-34,37,40,50H,19-20,26,31H2,1-9H3,(H,45,48)(H,46,47)/b11-10-,28-25-,29-18-,32-30+/t33-,34-,37-,40+/m0/s1. The van der Waals surface area contributed by atoms with Crippen molar-refractivity contribution < 1.29 is 28.7 Å². The summed E-state index contributed by atoms with van der Waals surface area (Å²) >= 11 is 0. The predicted molar refractivity (Wildman–Crippen MR) is 217 cm³/mol. The first-order valence-electron chi connectivity index (χ1n) is 18.6. The zero-order valence-electron chi connectivity index (χ0n) is 33.0. The number of allylic oxidation sites excluding steroid dienone is 5. The fourth-order valence-corrected chi connectivity index (χ4v) is 10.8. The predicted octanol–water partition coefficient (Wildman–Crippen LogP) is 7.03. The molecule has 0 saturated heterocycles. The van der Waals surface area contributed by atoms with Crippen LogP contribution in [-0.2, 0) is 23.9 Å². The third-order valence-corrected chi connectivity index (χ3v) is 14.4. The Morgan fingerprint density at radius 3 is 2.09 bits per heavy atom. The van der Waals surface area contributed by atoms with Gasteiger partial charge in [-0.05, 0) is 72.1 Å². The van der Waals surface area contributed by atoms with Crippen LogP contribution in [0.25, 0.3) is 0 Å². The van der Waals surface area contributed by atoms with Crippen LogP contribution in [0.3, 0.4) is 0 Å². The summed E-state index contributed by atoms with van der Waals surface area (Å²) in [5.41, 5.74) is 0.275. The number of methoxy groups -OCH3 is 1. The van der Waals surface area contributed by atoms with Crippen LogP contribution >= 0.6 is 0 Å². The number of hydrogen-bond donors (Lipinski definition) is 3. The van der Waals surface area contributed by atoms with Crippen molar-refractivity contribution in [3.05, 3.63) is 121 Å². The van der Waals surface area contributed by atoms with Gasteiger partial charge >= 0.3 is 5.97 Å². The van der Waals surface area contributed by atoms with E-state index >= 15 is 0 Å². The normalized spacial score (nSPS) is 17.7. The van der Waals surface area contributed by atoms with Gasteiger partial charge in [-0.3, -0.25) is 9.59 Å². The molecule has 2 aromatic carbocycles. The first-order valence-corrected chi connectivity index (χ1v) is 20.5. The van der Waals surface area contributed by atoms with E-state index in [1.165, 1.54) is 13.2 Å². The smallest absolute Gasteiger partial charge is 0.373 e. The van der Waals surface area contributed by atoms with Gasteiger partial charge in [0.05, 0.1) is 7.11 Å². The molecule has 286 valence electrons. The molecule has 1 heterocycles. The van der Waals surface area contributed by atoms with Gasteiger partial charge in [0.2, 0.25) is 11.8 Å². The number of carbonyl (C=O) groups excluding carboxylic acids is 3. The van der Waals surface area contributed by atoms with Crippen molar-refractivity contribution in [3.8, 4) is 0 Å². The van der Waals surface area contributed by atoms with Gasteiger partial charge in [0.1, 0.15) is 12.1 Å². The largest absolute Gasteiger partial charge is 0.490 e. The van der Waals surface area contributed by atoms with E-state index in [0.29, 0.717) is 12.8 Å². The summed E-state index contributed by atoms with van der Waals surface area (Å²) < 4.78 is 10.5. The van der Waals surface area contributed by atoms with Gasteiger partial charge in [0.25, 0.3) is 8.32 Å². The molecule has 3 rings (SSSR count). The fourth-order valence-electron chi connectivity index (χ4n) is 6.94. The number of nitrogens with one attached hydrogen (secondary N) is 2. The third kappa shape index (κ3) is 12.0. The molecule has 1 aliphatic rings. The molecule has 0 saturated carbocycles. The topological polar surface area (TPSA) is 114 Å². The van der Waals surface area contributed by atoms with E-state index in [1.807, 2.05) is 114 Å². The molecule has 2 amide bonds. The Bertz CT molecular complexity index is 1630. The lowest BCUT2D eigenvalue weighted by atomic mass is 9.86. The molecule has 4 atom stereocenters. The van der Waals surface area contributed by atoms with Gasteiger partial charge in [-0.1, -0.05) is 138 Å². The molecule has 8 nitrogen and oxygen atoms in total. The quantitative estimate of drug-likeness (QED) is 0.0528. The number of esters is 1. The zero-order valence-corrected chi connectivity index (χ0v) is 34.0. The minimum atomic E-state index is -3.18. The molecule has 0 radical (unpaired) electrons. The molecule has 2 aromatic rings. The number of cyclic esters (lactones) is 1. The van der Waals surface area contributed by atoms with E-state index in [2.05, 4.69) is 36.6 Å². The average molecular weight is 741 g/mol. The molecule has 0 aliphatic carbocycles. The number of hydrogen-bond acceptors (Lipinski definition) is 6. The lowest BCUT2D eigenvalue weighted by molar-refractivity contribution is -0.151. The monoisotopic (exact) mass is 740 g/mol. The van der Waals surface area contributed by atoms with Crippen LogP contribution in [-0.4, -0.2) is 50.2 Å². The molecule has 3 N–H and O–H groups in total. The van der Waals surface area contributed by atoms with E-state index in [0.717, 1.165) is 28.8 Å². The summed E-state index contributed by atoms with van der Waals surface area (Å²) in [7, 11) is -1.74. The Hall–Kier alpha value is -4.47. The molecule has 53 heavy (non-hydrogen) atoms. The highest BCUT2D eigenvalue weighted by atomic mass is 28.4. The van der Waals surface area contributed by atoms with Crippen molar-refractivity contribution in [1.82, 2.24) is 10.6 Å². The van der Waals surface area contributed by atoms with Crippen molar-refractivity contribution in [2.45, 2.75) is 98.3 Å². The van der Waals surface area contributed by atoms with Crippen molar-refractivity contribution in [3.63, 3.8) is 0 Å². The van der Waals surface area contributed by atoms with Crippen molar-refractivity contribution in [2.24, 2.45) is 17.3 Å². The Labute approximate surface area is 318 Å². The van der Waals surface area contributed by atoms with E-state index < -0.39 is 30.8 Å². The number of benzene rings is 2. The Kier molecular flexibility index (Phi) is 15.8.